The van der Waals surface area contributed by atoms with Gasteiger partial charge in [-0.1, -0.05) is 78.3 Å². The number of amidine groups is 1. The number of carbonyl (C=O) groups excluding carboxylic acids is 2. The molecule has 3 aromatic rings. The van der Waals surface area contributed by atoms with Crippen molar-refractivity contribution in [2.24, 2.45) is 4.99 Å². The Morgan fingerprint density at radius 1 is 0.968 bits per heavy atom. The summed E-state index contributed by atoms with van der Waals surface area (Å²) < 4.78 is 5.55. The SMILES string of the molecule is O=C1NN(C(=O)COc2ccccc2)C(c2ccccc2)=N/C1=C/c1ccccc1Cl. The number of carbonyl (C=O) groups is 2. The Kier molecular flexibility index (Phi) is 6.10. The van der Waals surface area contributed by atoms with E-state index in [1.54, 1.807) is 36.4 Å². The molecule has 0 aliphatic carbocycles. The van der Waals surface area contributed by atoms with Gasteiger partial charge in [-0.3, -0.25) is 15.0 Å². The van der Waals surface area contributed by atoms with Crippen molar-refractivity contribution in [3.63, 3.8) is 0 Å². The molecular formula is C24H18ClN3O3. The normalized spacial score (nSPS) is 14.7. The third-order valence-electron chi connectivity index (χ3n) is 4.47. The number of hydrogen-bond acceptors (Lipinski definition) is 4. The van der Waals surface area contributed by atoms with Crippen molar-refractivity contribution in [1.82, 2.24) is 10.4 Å². The molecule has 4 rings (SSSR count). The molecule has 0 aromatic heterocycles. The highest BCUT2D eigenvalue weighted by atomic mass is 35.5. The molecule has 0 unspecified atom stereocenters. The van der Waals surface area contributed by atoms with Gasteiger partial charge < -0.3 is 4.74 Å². The van der Waals surface area contributed by atoms with Crippen molar-refractivity contribution in [3.05, 3.63) is 107 Å². The van der Waals surface area contributed by atoms with E-state index in [0.29, 0.717) is 27.7 Å². The largest absolute Gasteiger partial charge is 0.484 e. The number of para-hydroxylation sites is 1. The van der Waals surface area contributed by atoms with Crippen LogP contribution in [0.5, 0.6) is 5.75 Å². The number of hydrogen-bond donors (Lipinski definition) is 1. The second kappa shape index (κ2) is 9.28. The summed E-state index contributed by atoms with van der Waals surface area (Å²) in [6, 6.07) is 25.2. The molecule has 154 valence electrons. The van der Waals surface area contributed by atoms with Gasteiger partial charge in [0.05, 0.1) is 0 Å². The van der Waals surface area contributed by atoms with Crippen molar-refractivity contribution in [1.29, 1.82) is 0 Å². The molecule has 0 spiro atoms. The zero-order chi connectivity index (χ0) is 21.6. The molecular weight excluding hydrogens is 414 g/mol. The first kappa shape index (κ1) is 20.4. The maximum Gasteiger partial charge on any atom is 0.288 e. The van der Waals surface area contributed by atoms with E-state index in [1.807, 2.05) is 54.6 Å². The average molecular weight is 432 g/mol. The Morgan fingerprint density at radius 3 is 2.32 bits per heavy atom. The highest BCUT2D eigenvalue weighted by Gasteiger charge is 2.30. The standard InChI is InChI=1S/C24H18ClN3O3/c25-20-14-8-7-11-18(20)15-21-24(30)27-28(23(26-21)17-9-3-1-4-10-17)22(29)16-31-19-12-5-2-6-13-19/h1-15H,16H2,(H,27,30)/b21-15+. The van der Waals surface area contributed by atoms with Crippen LogP contribution < -0.4 is 10.2 Å². The van der Waals surface area contributed by atoms with E-state index < -0.39 is 11.8 Å². The first-order valence-corrected chi connectivity index (χ1v) is 9.92. The maximum atomic E-state index is 12.9. The summed E-state index contributed by atoms with van der Waals surface area (Å²) in [6.45, 7) is -0.264. The van der Waals surface area contributed by atoms with Crippen LogP contribution in [0.15, 0.2) is 95.6 Å². The van der Waals surface area contributed by atoms with Crippen LogP contribution in [0.2, 0.25) is 5.02 Å². The molecule has 0 saturated carbocycles. The van der Waals surface area contributed by atoms with Crippen LogP contribution in [0.3, 0.4) is 0 Å². The second-order valence-corrected chi connectivity index (χ2v) is 7.03. The number of halogens is 1. The van der Waals surface area contributed by atoms with E-state index in [9.17, 15) is 9.59 Å². The molecule has 1 aliphatic rings. The van der Waals surface area contributed by atoms with Gasteiger partial charge in [-0.2, -0.15) is 5.01 Å². The summed E-state index contributed by atoms with van der Waals surface area (Å²) in [4.78, 5) is 30.1. The molecule has 0 fully saturated rings. The number of nitrogens with one attached hydrogen (secondary N) is 1. The Balaban J connectivity index is 1.66. The minimum atomic E-state index is -0.521. The molecule has 2 amide bonds. The van der Waals surface area contributed by atoms with E-state index in [0.717, 1.165) is 5.01 Å². The fraction of sp³-hybridized carbons (Fsp3) is 0.0417. The van der Waals surface area contributed by atoms with Crippen molar-refractivity contribution in [2.45, 2.75) is 0 Å². The van der Waals surface area contributed by atoms with Crippen LogP contribution in [0.1, 0.15) is 11.1 Å². The van der Waals surface area contributed by atoms with Gasteiger partial charge in [0.1, 0.15) is 11.4 Å². The number of ether oxygens (including phenoxy) is 1. The smallest absolute Gasteiger partial charge is 0.288 e. The van der Waals surface area contributed by atoms with Crippen molar-refractivity contribution in [3.8, 4) is 5.75 Å². The summed E-state index contributed by atoms with van der Waals surface area (Å²) in [6.07, 6.45) is 1.59. The zero-order valence-corrected chi connectivity index (χ0v) is 17.1. The number of benzene rings is 3. The molecule has 0 atom stereocenters. The highest BCUT2D eigenvalue weighted by molar-refractivity contribution is 6.32. The Bertz CT molecular complexity index is 1160. The lowest BCUT2D eigenvalue weighted by molar-refractivity contribution is -0.137. The van der Waals surface area contributed by atoms with Crippen molar-refractivity contribution in [2.75, 3.05) is 6.61 Å². The minimum Gasteiger partial charge on any atom is -0.484 e. The summed E-state index contributed by atoms with van der Waals surface area (Å²) >= 11 is 6.22. The predicted molar refractivity (Wildman–Crippen MR) is 119 cm³/mol. The van der Waals surface area contributed by atoms with Crippen LogP contribution in [0, 0.1) is 0 Å². The van der Waals surface area contributed by atoms with Gasteiger partial charge >= 0.3 is 0 Å². The van der Waals surface area contributed by atoms with Gasteiger partial charge in [-0.15, -0.1) is 0 Å². The lowest BCUT2D eigenvalue weighted by Crippen LogP contribution is -2.54. The fourth-order valence-corrected chi connectivity index (χ4v) is 3.14. The summed E-state index contributed by atoms with van der Waals surface area (Å²) in [5, 5.41) is 1.61. The van der Waals surface area contributed by atoms with Crippen LogP contribution in [0.4, 0.5) is 0 Å². The molecule has 31 heavy (non-hydrogen) atoms. The molecule has 1 N–H and O–H groups in total. The van der Waals surface area contributed by atoms with Crippen LogP contribution in [0.25, 0.3) is 6.08 Å². The lowest BCUT2D eigenvalue weighted by Gasteiger charge is -2.28. The number of rotatable bonds is 5. The third kappa shape index (κ3) is 4.82. The maximum absolute atomic E-state index is 12.9. The Morgan fingerprint density at radius 2 is 1.61 bits per heavy atom. The lowest BCUT2D eigenvalue weighted by atomic mass is 10.1. The van der Waals surface area contributed by atoms with Gasteiger partial charge in [0.15, 0.2) is 12.4 Å². The van der Waals surface area contributed by atoms with E-state index >= 15 is 0 Å². The Labute approximate surface area is 184 Å². The summed E-state index contributed by atoms with van der Waals surface area (Å²) in [5.41, 5.74) is 4.07. The summed E-state index contributed by atoms with van der Waals surface area (Å²) in [7, 11) is 0. The van der Waals surface area contributed by atoms with E-state index in [2.05, 4.69) is 10.4 Å². The predicted octanol–water partition coefficient (Wildman–Crippen LogP) is 4.08. The topological polar surface area (TPSA) is 71.0 Å². The third-order valence-corrected chi connectivity index (χ3v) is 4.81. The van der Waals surface area contributed by atoms with Gasteiger partial charge in [-0.05, 0) is 29.8 Å². The molecule has 7 heteroatoms. The molecule has 0 bridgehead atoms. The first-order chi connectivity index (χ1) is 15.1. The Hall–Kier alpha value is -3.90. The monoisotopic (exact) mass is 431 g/mol. The van der Waals surface area contributed by atoms with Crippen LogP contribution in [-0.2, 0) is 9.59 Å². The molecule has 3 aromatic carbocycles. The van der Waals surface area contributed by atoms with Crippen molar-refractivity contribution < 1.29 is 14.3 Å². The number of hydrazine groups is 1. The quantitative estimate of drug-likeness (QED) is 0.619. The van der Waals surface area contributed by atoms with Gasteiger partial charge in [0.2, 0.25) is 0 Å². The molecule has 0 saturated heterocycles. The van der Waals surface area contributed by atoms with Gasteiger partial charge in [-0.25, -0.2) is 4.99 Å². The number of aliphatic imine (C=N–C) groups is 1. The minimum absolute atomic E-state index is 0.139. The number of nitrogens with zero attached hydrogens (tertiary/aromatic N) is 2. The van der Waals surface area contributed by atoms with Crippen molar-refractivity contribution >= 4 is 35.3 Å². The molecule has 6 nitrogen and oxygen atoms in total. The summed E-state index contributed by atoms with van der Waals surface area (Å²) in [5.74, 6) is -0.138. The zero-order valence-electron chi connectivity index (χ0n) is 16.4. The molecule has 0 radical (unpaired) electrons. The van der Waals surface area contributed by atoms with E-state index in [-0.39, 0.29) is 12.3 Å². The first-order valence-electron chi connectivity index (χ1n) is 9.54. The van der Waals surface area contributed by atoms with E-state index in [4.69, 9.17) is 16.3 Å². The van der Waals surface area contributed by atoms with Crippen LogP contribution >= 0.6 is 11.6 Å². The average Bonchev–Trinajstić information content (AvgIpc) is 2.81. The molecule has 1 heterocycles. The highest BCUT2D eigenvalue weighted by Crippen LogP contribution is 2.21. The second-order valence-electron chi connectivity index (χ2n) is 6.62. The van der Waals surface area contributed by atoms with E-state index in [1.165, 1.54) is 0 Å². The van der Waals surface area contributed by atoms with Crippen LogP contribution in [-0.4, -0.2) is 29.3 Å². The molecule has 1 aliphatic heterocycles. The van der Waals surface area contributed by atoms with Gasteiger partial charge in [0.25, 0.3) is 11.8 Å². The fourth-order valence-electron chi connectivity index (χ4n) is 2.95. The van der Waals surface area contributed by atoms with Gasteiger partial charge in [0, 0.05) is 10.6 Å². The number of amides is 2.